The minimum Gasteiger partial charge on any atom is -0.462 e. The lowest BCUT2D eigenvalue weighted by Gasteiger charge is -2.18. The van der Waals surface area contributed by atoms with Gasteiger partial charge in [0.05, 0.1) is 24.4 Å². The predicted octanol–water partition coefficient (Wildman–Crippen LogP) is 4.96. The molecule has 0 aromatic carbocycles. The number of hydrogen-bond acceptors (Lipinski definition) is 4. The second kappa shape index (κ2) is 10.6. The third kappa shape index (κ3) is 5.58. The van der Waals surface area contributed by atoms with Crippen LogP contribution in [-0.2, 0) is 19.1 Å². The van der Waals surface area contributed by atoms with Gasteiger partial charge in [0.25, 0.3) is 0 Å². The molecule has 0 heterocycles. The van der Waals surface area contributed by atoms with E-state index in [1.165, 1.54) is 12.8 Å². The van der Waals surface area contributed by atoms with Crippen molar-refractivity contribution in [3.63, 3.8) is 0 Å². The Labute approximate surface area is 152 Å². The summed E-state index contributed by atoms with van der Waals surface area (Å²) in [5, 5.41) is 0. The number of ether oxygens (including phenoxy) is 2. The zero-order valence-electron chi connectivity index (χ0n) is 16.0. The number of carbonyl (C=O) groups excluding carboxylic acids is 2. The van der Waals surface area contributed by atoms with Crippen molar-refractivity contribution in [3.8, 4) is 0 Å². The van der Waals surface area contributed by atoms with Crippen LogP contribution in [0, 0.1) is 11.8 Å². The van der Waals surface area contributed by atoms with Crippen molar-refractivity contribution in [2.24, 2.45) is 11.8 Å². The summed E-state index contributed by atoms with van der Waals surface area (Å²) < 4.78 is 10.9. The molecule has 0 aliphatic heterocycles. The molecule has 0 amide bonds. The molecular formula is C21H34O4. The molecule has 142 valence electrons. The number of unbranched alkanes of at least 4 members (excludes halogenated alkanes) is 6. The van der Waals surface area contributed by atoms with E-state index in [-0.39, 0.29) is 23.8 Å². The largest absolute Gasteiger partial charge is 0.462 e. The Kier molecular flexibility index (Phi) is 8.50. The van der Waals surface area contributed by atoms with Crippen LogP contribution in [0.2, 0.25) is 0 Å². The third-order valence-corrected chi connectivity index (χ3v) is 5.44. The van der Waals surface area contributed by atoms with Crippen molar-refractivity contribution in [2.75, 3.05) is 13.2 Å². The standard InChI is InChI=1S/C21H34O4/c1-3-5-7-9-13-24-20(22)18-16-11-12-17(15-16)19(18)21(23)25-14-10-8-6-4-2/h16-17H,3-15H2,1-2H3. The first-order valence-electron chi connectivity index (χ1n) is 10.3. The monoisotopic (exact) mass is 350 g/mol. The molecule has 4 nitrogen and oxygen atoms in total. The number of rotatable bonds is 12. The zero-order valence-corrected chi connectivity index (χ0v) is 16.0. The van der Waals surface area contributed by atoms with E-state index in [2.05, 4.69) is 13.8 Å². The van der Waals surface area contributed by atoms with Gasteiger partial charge in [-0.2, -0.15) is 0 Å². The highest BCUT2D eigenvalue weighted by Gasteiger charge is 2.45. The quantitative estimate of drug-likeness (QED) is 0.369. The second-order valence-corrected chi connectivity index (χ2v) is 7.43. The Morgan fingerprint density at radius 2 is 1.20 bits per heavy atom. The topological polar surface area (TPSA) is 52.6 Å². The van der Waals surface area contributed by atoms with Crippen LogP contribution in [0.4, 0.5) is 0 Å². The maximum atomic E-state index is 12.5. The normalized spacial score (nSPS) is 21.7. The van der Waals surface area contributed by atoms with Gasteiger partial charge < -0.3 is 9.47 Å². The van der Waals surface area contributed by atoms with E-state index in [4.69, 9.17) is 9.47 Å². The lowest BCUT2D eigenvalue weighted by molar-refractivity contribution is -0.143. The molecule has 0 N–H and O–H groups in total. The summed E-state index contributed by atoms with van der Waals surface area (Å²) in [6.45, 7) is 5.23. The van der Waals surface area contributed by atoms with Crippen LogP contribution in [0.25, 0.3) is 0 Å². The molecule has 1 saturated carbocycles. The molecule has 0 spiro atoms. The average Bonchev–Trinajstić information content (AvgIpc) is 3.22. The molecule has 2 rings (SSSR count). The highest BCUT2D eigenvalue weighted by atomic mass is 16.5. The smallest absolute Gasteiger partial charge is 0.334 e. The van der Waals surface area contributed by atoms with Gasteiger partial charge in [-0.3, -0.25) is 0 Å². The summed E-state index contributed by atoms with van der Waals surface area (Å²) in [6, 6.07) is 0. The molecule has 4 heteroatoms. The fraction of sp³-hybridized carbons (Fsp3) is 0.810. The first-order chi connectivity index (χ1) is 12.2. The Balaban J connectivity index is 1.88. The molecule has 2 unspecified atom stereocenters. The average molecular weight is 350 g/mol. The minimum absolute atomic E-state index is 0.204. The molecule has 0 saturated heterocycles. The minimum atomic E-state index is -0.276. The lowest BCUT2D eigenvalue weighted by atomic mass is 9.91. The van der Waals surface area contributed by atoms with Crippen molar-refractivity contribution in [3.05, 3.63) is 11.1 Å². The molecular weight excluding hydrogens is 316 g/mol. The van der Waals surface area contributed by atoms with Crippen LogP contribution in [0.1, 0.15) is 84.5 Å². The highest BCUT2D eigenvalue weighted by molar-refractivity contribution is 6.02. The molecule has 2 aliphatic carbocycles. The first kappa shape index (κ1) is 20.0. The van der Waals surface area contributed by atoms with Gasteiger partial charge in [0.2, 0.25) is 0 Å². The van der Waals surface area contributed by atoms with Gasteiger partial charge in [0.15, 0.2) is 0 Å². The summed E-state index contributed by atoms with van der Waals surface area (Å²) in [6.07, 6.45) is 11.5. The van der Waals surface area contributed by atoms with Gasteiger partial charge >= 0.3 is 11.9 Å². The van der Waals surface area contributed by atoms with Crippen molar-refractivity contribution >= 4 is 11.9 Å². The molecule has 2 bridgehead atoms. The summed E-state index contributed by atoms with van der Waals surface area (Å²) in [4.78, 5) is 25.0. The molecule has 25 heavy (non-hydrogen) atoms. The molecule has 1 fully saturated rings. The van der Waals surface area contributed by atoms with Crippen LogP contribution in [0.3, 0.4) is 0 Å². The molecule has 0 aromatic heterocycles. The maximum Gasteiger partial charge on any atom is 0.334 e. The zero-order chi connectivity index (χ0) is 18.1. The van der Waals surface area contributed by atoms with Gasteiger partial charge in [-0.1, -0.05) is 52.4 Å². The molecule has 2 aliphatic rings. The van der Waals surface area contributed by atoms with E-state index in [1.54, 1.807) is 0 Å². The fourth-order valence-electron chi connectivity index (χ4n) is 4.04. The van der Waals surface area contributed by atoms with Gasteiger partial charge in [0, 0.05) is 0 Å². The number of carbonyl (C=O) groups is 2. The Hall–Kier alpha value is -1.32. The number of fused-ring (bicyclic) bond motifs is 2. The maximum absolute atomic E-state index is 12.5. The van der Waals surface area contributed by atoms with E-state index >= 15 is 0 Å². The summed E-state index contributed by atoms with van der Waals surface area (Å²) in [5.74, 6) is -0.144. The molecule has 0 aromatic rings. The van der Waals surface area contributed by atoms with E-state index in [1.807, 2.05) is 0 Å². The lowest BCUT2D eigenvalue weighted by Crippen LogP contribution is -2.21. The highest BCUT2D eigenvalue weighted by Crippen LogP contribution is 2.49. The first-order valence-corrected chi connectivity index (χ1v) is 10.3. The second-order valence-electron chi connectivity index (χ2n) is 7.43. The van der Waals surface area contributed by atoms with Crippen LogP contribution in [0.5, 0.6) is 0 Å². The summed E-state index contributed by atoms with van der Waals surface area (Å²) in [5.41, 5.74) is 1.26. The van der Waals surface area contributed by atoms with E-state index in [0.717, 1.165) is 57.8 Å². The van der Waals surface area contributed by atoms with Crippen LogP contribution >= 0.6 is 0 Å². The van der Waals surface area contributed by atoms with Crippen molar-refractivity contribution in [1.29, 1.82) is 0 Å². The van der Waals surface area contributed by atoms with Crippen LogP contribution in [-0.4, -0.2) is 25.2 Å². The number of hydrogen-bond donors (Lipinski definition) is 0. The fourth-order valence-corrected chi connectivity index (χ4v) is 4.04. The number of esters is 2. The van der Waals surface area contributed by atoms with Gasteiger partial charge in [-0.05, 0) is 43.9 Å². The van der Waals surface area contributed by atoms with Crippen molar-refractivity contribution in [1.82, 2.24) is 0 Å². The molecule has 2 atom stereocenters. The Morgan fingerprint density at radius 3 is 1.60 bits per heavy atom. The van der Waals surface area contributed by atoms with E-state index in [0.29, 0.717) is 24.4 Å². The summed E-state index contributed by atoms with van der Waals surface area (Å²) >= 11 is 0. The van der Waals surface area contributed by atoms with Gasteiger partial charge in [-0.25, -0.2) is 9.59 Å². The van der Waals surface area contributed by atoms with Crippen molar-refractivity contribution in [2.45, 2.75) is 84.5 Å². The van der Waals surface area contributed by atoms with Crippen LogP contribution in [0.15, 0.2) is 11.1 Å². The Morgan fingerprint density at radius 1 is 0.760 bits per heavy atom. The SMILES string of the molecule is CCCCCCOC(=O)C1=C(C(=O)OCCCCCC)C2CCC1C2. The summed E-state index contributed by atoms with van der Waals surface area (Å²) in [7, 11) is 0. The van der Waals surface area contributed by atoms with Gasteiger partial charge in [0.1, 0.15) is 0 Å². The van der Waals surface area contributed by atoms with Crippen molar-refractivity contribution < 1.29 is 19.1 Å². The predicted molar refractivity (Wildman–Crippen MR) is 98.1 cm³/mol. The van der Waals surface area contributed by atoms with E-state index in [9.17, 15) is 9.59 Å². The molecule has 0 radical (unpaired) electrons. The van der Waals surface area contributed by atoms with E-state index < -0.39 is 0 Å². The van der Waals surface area contributed by atoms with Crippen LogP contribution < -0.4 is 0 Å². The van der Waals surface area contributed by atoms with Gasteiger partial charge in [-0.15, -0.1) is 0 Å². The Bertz CT molecular complexity index is 438. The third-order valence-electron chi connectivity index (χ3n) is 5.44.